The van der Waals surface area contributed by atoms with Gasteiger partial charge < -0.3 is 15.3 Å². The quantitative estimate of drug-likeness (QED) is 0.817. The number of hydrogen-bond acceptors (Lipinski definition) is 3. The van der Waals surface area contributed by atoms with Gasteiger partial charge in [-0.15, -0.1) is 0 Å². The van der Waals surface area contributed by atoms with Gasteiger partial charge >= 0.3 is 12.0 Å². The van der Waals surface area contributed by atoms with Crippen LogP contribution in [0.5, 0.6) is 0 Å². The Bertz CT molecular complexity index is 369. The summed E-state index contributed by atoms with van der Waals surface area (Å²) in [5.41, 5.74) is 0. The van der Waals surface area contributed by atoms with Crippen molar-refractivity contribution in [3.05, 3.63) is 0 Å². The first kappa shape index (κ1) is 15.5. The lowest BCUT2D eigenvalue weighted by atomic mass is 10.1. The van der Waals surface area contributed by atoms with E-state index < -0.39 is 5.97 Å². The third kappa shape index (κ3) is 3.59. The maximum absolute atomic E-state index is 12.3. The highest BCUT2D eigenvalue weighted by Gasteiger charge is 2.35. The fraction of sp³-hybridized carbons (Fsp3) is 0.857. The minimum Gasteiger partial charge on any atom is -0.481 e. The number of carboxylic acids is 1. The molecule has 2 amide bonds. The van der Waals surface area contributed by atoms with Crippen LogP contribution in [0.25, 0.3) is 0 Å². The molecule has 1 atom stereocenters. The molecule has 0 bridgehead atoms. The lowest BCUT2D eigenvalue weighted by molar-refractivity contribution is -0.137. The van der Waals surface area contributed by atoms with E-state index in [1.807, 2.05) is 11.8 Å². The molecule has 2 N–H and O–H groups in total. The first-order valence-electron chi connectivity index (χ1n) is 7.38. The van der Waals surface area contributed by atoms with E-state index in [0.717, 1.165) is 25.7 Å². The molecule has 1 saturated heterocycles. The number of amides is 2. The number of nitrogens with one attached hydrogen (secondary N) is 1. The number of thioether (sulfide) groups is 1. The van der Waals surface area contributed by atoms with E-state index in [2.05, 4.69) is 11.6 Å². The van der Waals surface area contributed by atoms with Crippen molar-refractivity contribution in [2.75, 3.05) is 19.3 Å². The Hall–Kier alpha value is -0.910. The molecule has 2 rings (SSSR count). The van der Waals surface area contributed by atoms with Crippen molar-refractivity contribution >= 4 is 23.8 Å². The van der Waals surface area contributed by atoms with E-state index in [4.69, 9.17) is 5.11 Å². The van der Waals surface area contributed by atoms with Gasteiger partial charge in [0, 0.05) is 23.9 Å². The summed E-state index contributed by atoms with van der Waals surface area (Å²) in [5, 5.41) is 11.9. The number of carbonyl (C=O) groups excluding carboxylic acids is 1. The molecule has 0 spiro atoms. The van der Waals surface area contributed by atoms with E-state index in [-0.39, 0.29) is 23.2 Å². The molecule has 2 aliphatic rings. The summed E-state index contributed by atoms with van der Waals surface area (Å²) in [6.07, 6.45) is 8.66. The van der Waals surface area contributed by atoms with Gasteiger partial charge in [0.1, 0.15) is 0 Å². The van der Waals surface area contributed by atoms with Crippen molar-refractivity contribution in [2.24, 2.45) is 0 Å². The van der Waals surface area contributed by atoms with Crippen LogP contribution >= 0.6 is 11.8 Å². The highest BCUT2D eigenvalue weighted by Crippen LogP contribution is 2.39. The highest BCUT2D eigenvalue weighted by atomic mass is 32.2. The minimum absolute atomic E-state index is 0.0566. The molecule has 1 aliphatic carbocycles. The van der Waals surface area contributed by atoms with Crippen molar-refractivity contribution < 1.29 is 14.7 Å². The zero-order valence-electron chi connectivity index (χ0n) is 12.1. The van der Waals surface area contributed by atoms with Crippen LogP contribution < -0.4 is 5.32 Å². The lowest BCUT2D eigenvalue weighted by Gasteiger charge is -2.30. The second-order valence-electron chi connectivity index (χ2n) is 5.84. The molecule has 5 nitrogen and oxygen atoms in total. The van der Waals surface area contributed by atoms with Gasteiger partial charge in [0.25, 0.3) is 0 Å². The average molecular weight is 300 g/mol. The zero-order valence-corrected chi connectivity index (χ0v) is 12.9. The molecule has 1 saturated carbocycles. The number of carboxylic acid groups (broad SMARTS) is 1. The monoisotopic (exact) mass is 300 g/mol. The largest absolute Gasteiger partial charge is 0.481 e. The normalized spacial score (nSPS) is 24.9. The van der Waals surface area contributed by atoms with Gasteiger partial charge in [-0.3, -0.25) is 4.79 Å². The fourth-order valence-corrected chi connectivity index (χ4v) is 4.24. The molecule has 1 aliphatic heterocycles. The van der Waals surface area contributed by atoms with Crippen LogP contribution in [0.2, 0.25) is 0 Å². The van der Waals surface area contributed by atoms with E-state index in [1.54, 1.807) is 4.90 Å². The Labute approximate surface area is 124 Å². The molecule has 2 fully saturated rings. The second-order valence-corrected chi connectivity index (χ2v) is 7.11. The predicted octanol–water partition coefficient (Wildman–Crippen LogP) is 2.31. The van der Waals surface area contributed by atoms with Crippen LogP contribution in [0.4, 0.5) is 4.79 Å². The van der Waals surface area contributed by atoms with Crippen LogP contribution in [-0.2, 0) is 4.79 Å². The third-order valence-electron chi connectivity index (χ3n) is 4.56. The number of nitrogens with zero attached hydrogens (tertiary/aromatic N) is 1. The van der Waals surface area contributed by atoms with E-state index in [1.165, 1.54) is 12.8 Å². The SMILES string of the molecule is CSC1(CNC(=O)N2CCCC2CC(=O)O)CCCC1. The smallest absolute Gasteiger partial charge is 0.317 e. The first-order valence-corrected chi connectivity index (χ1v) is 8.60. The Balaban J connectivity index is 1.86. The Morgan fingerprint density at radius 2 is 2.05 bits per heavy atom. The van der Waals surface area contributed by atoms with Crippen molar-refractivity contribution in [3.8, 4) is 0 Å². The van der Waals surface area contributed by atoms with Gasteiger partial charge in [0.05, 0.1) is 6.42 Å². The topological polar surface area (TPSA) is 69.6 Å². The molecule has 114 valence electrons. The van der Waals surface area contributed by atoms with Gasteiger partial charge in [0.15, 0.2) is 0 Å². The number of carbonyl (C=O) groups is 2. The molecule has 6 heteroatoms. The standard InChI is InChI=1S/C14H24N2O3S/c1-20-14(6-2-3-7-14)10-15-13(19)16-8-4-5-11(16)9-12(17)18/h11H,2-10H2,1H3,(H,15,19)(H,17,18). The van der Waals surface area contributed by atoms with Crippen molar-refractivity contribution in [1.29, 1.82) is 0 Å². The van der Waals surface area contributed by atoms with Gasteiger partial charge in [0.2, 0.25) is 0 Å². The Morgan fingerprint density at radius 1 is 1.35 bits per heavy atom. The van der Waals surface area contributed by atoms with Gasteiger partial charge in [-0.1, -0.05) is 12.8 Å². The zero-order chi connectivity index (χ0) is 14.6. The average Bonchev–Trinajstić information content (AvgIpc) is 3.05. The van der Waals surface area contributed by atoms with Crippen molar-refractivity contribution in [2.45, 2.75) is 55.7 Å². The summed E-state index contributed by atoms with van der Waals surface area (Å²) in [5.74, 6) is -0.828. The summed E-state index contributed by atoms with van der Waals surface area (Å²) < 4.78 is 0.192. The molecule has 1 heterocycles. The maximum atomic E-state index is 12.3. The highest BCUT2D eigenvalue weighted by molar-refractivity contribution is 8.00. The number of likely N-dealkylation sites (tertiary alicyclic amines) is 1. The Kier molecular flexibility index (Phi) is 5.18. The number of aliphatic carboxylic acids is 1. The van der Waals surface area contributed by atoms with Crippen LogP contribution in [0, 0.1) is 0 Å². The summed E-state index contributed by atoms with van der Waals surface area (Å²) >= 11 is 1.85. The molecule has 1 unspecified atom stereocenters. The van der Waals surface area contributed by atoms with Gasteiger partial charge in [-0.2, -0.15) is 11.8 Å². The van der Waals surface area contributed by atoms with Crippen LogP contribution in [-0.4, -0.2) is 52.1 Å². The molecule has 0 aromatic carbocycles. The molecule has 0 aromatic rings. The number of urea groups is 1. The molecule has 0 radical (unpaired) electrons. The third-order valence-corrected chi connectivity index (χ3v) is 5.98. The summed E-state index contributed by atoms with van der Waals surface area (Å²) in [7, 11) is 0. The number of rotatable bonds is 5. The molecule has 0 aromatic heterocycles. The van der Waals surface area contributed by atoms with Crippen molar-refractivity contribution in [3.63, 3.8) is 0 Å². The van der Waals surface area contributed by atoms with Gasteiger partial charge in [-0.25, -0.2) is 4.79 Å². The molecular formula is C14H24N2O3S. The summed E-state index contributed by atoms with van der Waals surface area (Å²) in [6.45, 7) is 1.37. The van der Waals surface area contributed by atoms with E-state index in [9.17, 15) is 9.59 Å². The van der Waals surface area contributed by atoms with Crippen LogP contribution in [0.15, 0.2) is 0 Å². The maximum Gasteiger partial charge on any atom is 0.317 e. The van der Waals surface area contributed by atoms with E-state index >= 15 is 0 Å². The van der Waals surface area contributed by atoms with Crippen LogP contribution in [0.1, 0.15) is 44.9 Å². The van der Waals surface area contributed by atoms with Gasteiger partial charge in [-0.05, 0) is 31.9 Å². The Morgan fingerprint density at radius 3 is 2.65 bits per heavy atom. The minimum atomic E-state index is -0.828. The predicted molar refractivity (Wildman–Crippen MR) is 80.1 cm³/mol. The lowest BCUT2D eigenvalue weighted by Crippen LogP contribution is -2.47. The summed E-state index contributed by atoms with van der Waals surface area (Å²) in [4.78, 5) is 24.8. The van der Waals surface area contributed by atoms with Crippen molar-refractivity contribution in [1.82, 2.24) is 10.2 Å². The second kappa shape index (κ2) is 6.70. The number of hydrogen-bond donors (Lipinski definition) is 2. The molecule has 20 heavy (non-hydrogen) atoms. The van der Waals surface area contributed by atoms with E-state index in [0.29, 0.717) is 13.1 Å². The van der Waals surface area contributed by atoms with Crippen LogP contribution in [0.3, 0.4) is 0 Å². The first-order chi connectivity index (χ1) is 9.56. The summed E-state index contributed by atoms with van der Waals surface area (Å²) in [6, 6.07) is -0.226. The fourth-order valence-electron chi connectivity index (χ4n) is 3.33. The molecular weight excluding hydrogens is 276 g/mol.